The molecule has 6 heteroatoms. The molecule has 19 heavy (non-hydrogen) atoms. The average molecular weight is 267 g/mol. The van der Waals surface area contributed by atoms with Crippen LogP contribution in [0.2, 0.25) is 0 Å². The first-order valence-corrected chi connectivity index (χ1v) is 6.68. The number of likely N-dealkylation sites (N-methyl/N-ethyl adjacent to an activating group) is 1. The molecular formula is C13H25N5O. The minimum Gasteiger partial charge on any atom is -0.394 e. The van der Waals surface area contributed by atoms with E-state index in [0.717, 1.165) is 24.4 Å². The highest BCUT2D eigenvalue weighted by Crippen LogP contribution is 2.25. The van der Waals surface area contributed by atoms with Crippen molar-refractivity contribution in [2.24, 2.45) is 7.05 Å². The number of aryl methyl sites for hydroxylation is 2. The molecule has 0 bridgehead atoms. The third-order valence-electron chi connectivity index (χ3n) is 2.81. The topological polar surface area (TPSA) is 76.2 Å². The van der Waals surface area contributed by atoms with Gasteiger partial charge in [0.2, 0.25) is 5.91 Å². The Morgan fingerprint density at radius 2 is 2.16 bits per heavy atom. The van der Waals surface area contributed by atoms with Crippen molar-refractivity contribution in [3.63, 3.8) is 0 Å². The lowest BCUT2D eigenvalue weighted by Crippen LogP contribution is -2.39. The number of carbonyl (C=O) groups is 1. The van der Waals surface area contributed by atoms with Gasteiger partial charge in [0.1, 0.15) is 0 Å². The van der Waals surface area contributed by atoms with Crippen molar-refractivity contribution < 1.29 is 4.79 Å². The Bertz CT molecular complexity index is 438. The van der Waals surface area contributed by atoms with Crippen molar-refractivity contribution in [3.8, 4) is 0 Å². The average Bonchev–Trinajstić information content (AvgIpc) is 2.53. The van der Waals surface area contributed by atoms with Crippen LogP contribution in [-0.4, -0.2) is 35.3 Å². The fourth-order valence-corrected chi connectivity index (χ4v) is 2.12. The number of nitrogens with two attached hydrogens (primary N) is 1. The van der Waals surface area contributed by atoms with Crippen molar-refractivity contribution in [3.05, 3.63) is 5.69 Å². The molecule has 1 aromatic heterocycles. The van der Waals surface area contributed by atoms with Crippen molar-refractivity contribution >= 4 is 17.4 Å². The lowest BCUT2D eigenvalue weighted by molar-refractivity contribution is -0.120. The van der Waals surface area contributed by atoms with E-state index in [9.17, 15) is 4.79 Å². The molecule has 0 aliphatic rings. The third-order valence-corrected chi connectivity index (χ3v) is 2.81. The zero-order valence-electron chi connectivity index (χ0n) is 12.5. The molecule has 0 fully saturated rings. The number of nitrogens with zero attached hydrogens (tertiary/aromatic N) is 3. The molecule has 1 rings (SSSR count). The molecule has 0 saturated heterocycles. The zero-order chi connectivity index (χ0) is 14.6. The number of nitrogen functional groups attached to an aromatic ring is 1. The van der Waals surface area contributed by atoms with Crippen LogP contribution in [0.1, 0.15) is 32.9 Å². The Hall–Kier alpha value is -1.72. The highest BCUT2D eigenvalue weighted by atomic mass is 16.2. The molecule has 0 atom stereocenters. The molecule has 0 aliphatic heterocycles. The SMILES string of the molecule is CCCc1nn(C)c(N(C)CC(=O)NC(C)C)c1N. The van der Waals surface area contributed by atoms with E-state index in [2.05, 4.69) is 17.3 Å². The van der Waals surface area contributed by atoms with Crippen molar-refractivity contribution in [1.82, 2.24) is 15.1 Å². The molecule has 0 spiro atoms. The summed E-state index contributed by atoms with van der Waals surface area (Å²) in [6, 6.07) is 0.139. The highest BCUT2D eigenvalue weighted by molar-refractivity contribution is 5.82. The molecule has 0 aromatic carbocycles. The Balaban J connectivity index is 2.82. The predicted molar refractivity (Wildman–Crippen MR) is 78.2 cm³/mol. The Labute approximate surface area is 114 Å². The van der Waals surface area contributed by atoms with Gasteiger partial charge in [0.15, 0.2) is 5.82 Å². The van der Waals surface area contributed by atoms with Crippen LogP contribution in [0.25, 0.3) is 0 Å². The molecular weight excluding hydrogens is 242 g/mol. The first-order valence-electron chi connectivity index (χ1n) is 6.68. The van der Waals surface area contributed by atoms with Gasteiger partial charge in [-0.05, 0) is 20.3 Å². The van der Waals surface area contributed by atoms with E-state index in [0.29, 0.717) is 5.69 Å². The van der Waals surface area contributed by atoms with E-state index in [1.165, 1.54) is 0 Å². The fraction of sp³-hybridized carbons (Fsp3) is 0.692. The monoisotopic (exact) mass is 267 g/mol. The second-order valence-corrected chi connectivity index (χ2v) is 5.14. The Kier molecular flexibility index (Phi) is 5.20. The summed E-state index contributed by atoms with van der Waals surface area (Å²) >= 11 is 0. The number of amides is 1. The van der Waals surface area contributed by atoms with Crippen molar-refractivity contribution in [1.29, 1.82) is 0 Å². The molecule has 6 nitrogen and oxygen atoms in total. The first kappa shape index (κ1) is 15.3. The van der Waals surface area contributed by atoms with E-state index in [4.69, 9.17) is 5.73 Å². The molecule has 0 aliphatic carbocycles. The van der Waals surface area contributed by atoms with Crippen LogP contribution in [0, 0.1) is 0 Å². The number of anilines is 2. The maximum Gasteiger partial charge on any atom is 0.239 e. The van der Waals surface area contributed by atoms with Gasteiger partial charge in [0.05, 0.1) is 17.9 Å². The largest absolute Gasteiger partial charge is 0.394 e. The molecule has 1 heterocycles. The van der Waals surface area contributed by atoms with Gasteiger partial charge < -0.3 is 16.0 Å². The maximum absolute atomic E-state index is 11.8. The van der Waals surface area contributed by atoms with Crippen LogP contribution in [0.3, 0.4) is 0 Å². The molecule has 108 valence electrons. The van der Waals surface area contributed by atoms with E-state index < -0.39 is 0 Å². The standard InChI is InChI=1S/C13H25N5O/c1-6-7-10-12(14)13(18(5)16-10)17(4)8-11(19)15-9(2)3/h9H,6-8,14H2,1-5H3,(H,15,19). The lowest BCUT2D eigenvalue weighted by Gasteiger charge is -2.20. The molecule has 0 radical (unpaired) electrons. The molecule has 1 aromatic rings. The normalized spacial score (nSPS) is 10.8. The summed E-state index contributed by atoms with van der Waals surface area (Å²) in [5.41, 5.74) is 7.68. The number of rotatable bonds is 6. The number of carbonyl (C=O) groups excluding carboxylic acids is 1. The van der Waals surface area contributed by atoms with E-state index in [1.54, 1.807) is 4.68 Å². The van der Waals surface area contributed by atoms with E-state index in [-0.39, 0.29) is 18.5 Å². The smallest absolute Gasteiger partial charge is 0.239 e. The lowest BCUT2D eigenvalue weighted by atomic mass is 10.2. The van der Waals surface area contributed by atoms with Crippen molar-refractivity contribution in [2.75, 3.05) is 24.2 Å². The molecule has 0 saturated carbocycles. The molecule has 0 unspecified atom stereocenters. The van der Waals surface area contributed by atoms with Gasteiger partial charge in [0.25, 0.3) is 0 Å². The van der Waals surface area contributed by atoms with Crippen LogP contribution in [0.15, 0.2) is 0 Å². The number of aromatic nitrogens is 2. The number of hydrogen-bond acceptors (Lipinski definition) is 4. The third kappa shape index (κ3) is 3.87. The van der Waals surface area contributed by atoms with Crippen LogP contribution in [0.5, 0.6) is 0 Å². The second-order valence-electron chi connectivity index (χ2n) is 5.14. The summed E-state index contributed by atoms with van der Waals surface area (Å²) in [5, 5.41) is 7.27. The zero-order valence-corrected chi connectivity index (χ0v) is 12.5. The summed E-state index contributed by atoms with van der Waals surface area (Å²) in [7, 11) is 3.70. The van der Waals surface area contributed by atoms with Gasteiger partial charge in [-0.3, -0.25) is 9.48 Å². The van der Waals surface area contributed by atoms with Gasteiger partial charge in [-0.1, -0.05) is 13.3 Å². The highest BCUT2D eigenvalue weighted by Gasteiger charge is 2.18. The fourth-order valence-electron chi connectivity index (χ4n) is 2.12. The summed E-state index contributed by atoms with van der Waals surface area (Å²) in [4.78, 5) is 13.6. The summed E-state index contributed by atoms with van der Waals surface area (Å²) < 4.78 is 1.74. The molecule has 1 amide bonds. The maximum atomic E-state index is 11.8. The number of hydrogen-bond donors (Lipinski definition) is 2. The first-order chi connectivity index (χ1) is 8.86. The Morgan fingerprint density at radius 3 is 2.68 bits per heavy atom. The minimum absolute atomic E-state index is 0.0184. The predicted octanol–water partition coefficient (Wildman–Crippen LogP) is 0.916. The molecule has 3 N–H and O–H groups in total. The number of nitrogens with one attached hydrogen (secondary N) is 1. The van der Waals surface area contributed by atoms with Crippen molar-refractivity contribution in [2.45, 2.75) is 39.7 Å². The Morgan fingerprint density at radius 1 is 1.53 bits per heavy atom. The van der Waals surface area contributed by atoms with Gasteiger partial charge in [-0.2, -0.15) is 5.10 Å². The van der Waals surface area contributed by atoms with Crippen LogP contribution in [-0.2, 0) is 18.3 Å². The summed E-state index contributed by atoms with van der Waals surface area (Å²) in [6.45, 7) is 6.24. The van der Waals surface area contributed by atoms with E-state index >= 15 is 0 Å². The van der Waals surface area contributed by atoms with Gasteiger partial charge in [-0.25, -0.2) is 0 Å². The summed E-state index contributed by atoms with van der Waals surface area (Å²) in [6.07, 6.45) is 1.85. The summed E-state index contributed by atoms with van der Waals surface area (Å²) in [5.74, 6) is 0.775. The van der Waals surface area contributed by atoms with Crippen LogP contribution >= 0.6 is 0 Å². The van der Waals surface area contributed by atoms with Crippen LogP contribution in [0.4, 0.5) is 11.5 Å². The quantitative estimate of drug-likeness (QED) is 0.803. The van der Waals surface area contributed by atoms with Crippen LogP contribution < -0.4 is 16.0 Å². The van der Waals surface area contributed by atoms with Gasteiger partial charge >= 0.3 is 0 Å². The van der Waals surface area contributed by atoms with E-state index in [1.807, 2.05) is 32.8 Å². The minimum atomic E-state index is -0.0184. The van der Waals surface area contributed by atoms with Gasteiger partial charge in [-0.15, -0.1) is 0 Å². The second kappa shape index (κ2) is 6.45. The van der Waals surface area contributed by atoms with Gasteiger partial charge in [0, 0.05) is 20.1 Å².